The molecule has 1 aromatic carbocycles. The van der Waals surface area contributed by atoms with E-state index in [4.69, 9.17) is 4.74 Å². The quantitative estimate of drug-likeness (QED) is 0.881. The fourth-order valence-electron chi connectivity index (χ4n) is 2.15. The Morgan fingerprint density at radius 3 is 2.50 bits per heavy atom. The molecule has 0 bridgehead atoms. The van der Waals surface area contributed by atoms with E-state index in [1.54, 1.807) is 12.1 Å². The van der Waals surface area contributed by atoms with Gasteiger partial charge in [0.1, 0.15) is 5.60 Å². The minimum Gasteiger partial charge on any atom is -0.444 e. The lowest BCUT2D eigenvalue weighted by molar-refractivity contribution is -0.121. The van der Waals surface area contributed by atoms with Crippen LogP contribution in [0.2, 0.25) is 0 Å². The summed E-state index contributed by atoms with van der Waals surface area (Å²) in [6, 6.07) is 7.29. The lowest BCUT2D eigenvalue weighted by Gasteiger charge is -2.20. The van der Waals surface area contributed by atoms with Gasteiger partial charge in [-0.15, -0.1) is 0 Å². The van der Waals surface area contributed by atoms with Gasteiger partial charge in [0, 0.05) is 18.0 Å². The SMILES string of the molecule is C[C@@H]1CC(=O)NN=C1c1ccc(NC(=O)OC(C)(C)C)cc1. The van der Waals surface area contributed by atoms with Crippen molar-refractivity contribution in [2.75, 3.05) is 5.32 Å². The molecule has 0 saturated heterocycles. The van der Waals surface area contributed by atoms with E-state index in [-0.39, 0.29) is 11.8 Å². The van der Waals surface area contributed by atoms with Gasteiger partial charge in [-0.2, -0.15) is 5.10 Å². The van der Waals surface area contributed by atoms with Gasteiger partial charge in [-0.1, -0.05) is 19.1 Å². The molecule has 0 saturated carbocycles. The topological polar surface area (TPSA) is 79.8 Å². The minimum atomic E-state index is -0.533. The van der Waals surface area contributed by atoms with Crippen molar-refractivity contribution in [2.24, 2.45) is 11.0 Å². The molecule has 2 N–H and O–H groups in total. The van der Waals surface area contributed by atoms with Crippen molar-refractivity contribution in [1.29, 1.82) is 0 Å². The summed E-state index contributed by atoms with van der Waals surface area (Å²) in [5.41, 5.74) is 4.36. The van der Waals surface area contributed by atoms with Gasteiger partial charge in [-0.05, 0) is 38.5 Å². The van der Waals surface area contributed by atoms with E-state index in [0.29, 0.717) is 12.1 Å². The van der Waals surface area contributed by atoms with Crippen molar-refractivity contribution >= 4 is 23.4 Å². The fourth-order valence-corrected chi connectivity index (χ4v) is 2.15. The summed E-state index contributed by atoms with van der Waals surface area (Å²) >= 11 is 0. The van der Waals surface area contributed by atoms with Crippen LogP contribution in [0.3, 0.4) is 0 Å². The van der Waals surface area contributed by atoms with Gasteiger partial charge in [0.25, 0.3) is 0 Å². The molecule has 0 unspecified atom stereocenters. The predicted octanol–water partition coefficient (Wildman–Crippen LogP) is 2.89. The molecule has 0 spiro atoms. The van der Waals surface area contributed by atoms with Gasteiger partial charge in [0.05, 0.1) is 5.71 Å². The van der Waals surface area contributed by atoms with Crippen LogP contribution in [0.1, 0.15) is 39.7 Å². The van der Waals surface area contributed by atoms with Crippen LogP contribution in [0.15, 0.2) is 29.4 Å². The second-order valence-electron chi connectivity index (χ2n) is 6.34. The molecule has 6 heteroatoms. The highest BCUT2D eigenvalue weighted by Gasteiger charge is 2.21. The number of carbonyl (C=O) groups is 2. The highest BCUT2D eigenvalue weighted by Crippen LogP contribution is 2.19. The molecule has 0 radical (unpaired) electrons. The van der Waals surface area contributed by atoms with Crippen LogP contribution < -0.4 is 10.7 Å². The Kier molecular flexibility index (Phi) is 4.49. The first-order valence-electron chi connectivity index (χ1n) is 7.21. The number of nitrogens with one attached hydrogen (secondary N) is 2. The molecule has 22 heavy (non-hydrogen) atoms. The Balaban J connectivity index is 2.05. The number of rotatable bonds is 2. The molecule has 0 aliphatic carbocycles. The van der Waals surface area contributed by atoms with Gasteiger partial charge in [0.15, 0.2) is 0 Å². The van der Waals surface area contributed by atoms with E-state index < -0.39 is 11.7 Å². The third-order valence-corrected chi connectivity index (χ3v) is 3.09. The number of amides is 2. The second kappa shape index (κ2) is 6.17. The van der Waals surface area contributed by atoms with Crippen LogP contribution in [0.25, 0.3) is 0 Å². The molecule has 6 nitrogen and oxygen atoms in total. The average Bonchev–Trinajstić information content (AvgIpc) is 2.38. The van der Waals surface area contributed by atoms with Crippen LogP contribution in [0, 0.1) is 5.92 Å². The third-order valence-electron chi connectivity index (χ3n) is 3.09. The number of hydrogen-bond acceptors (Lipinski definition) is 4. The van der Waals surface area contributed by atoms with E-state index >= 15 is 0 Å². The highest BCUT2D eigenvalue weighted by molar-refractivity contribution is 6.06. The first-order valence-corrected chi connectivity index (χ1v) is 7.21. The third kappa shape index (κ3) is 4.31. The maximum atomic E-state index is 11.7. The summed E-state index contributed by atoms with van der Waals surface area (Å²) in [5, 5.41) is 6.78. The molecule has 0 aromatic heterocycles. The van der Waals surface area contributed by atoms with Crippen molar-refractivity contribution in [3.8, 4) is 0 Å². The summed E-state index contributed by atoms with van der Waals surface area (Å²) in [6.45, 7) is 7.40. The van der Waals surface area contributed by atoms with Crippen molar-refractivity contribution < 1.29 is 14.3 Å². The molecule has 1 aliphatic heterocycles. The molecule has 1 aromatic rings. The van der Waals surface area contributed by atoms with Crippen LogP contribution >= 0.6 is 0 Å². The summed E-state index contributed by atoms with van der Waals surface area (Å²) < 4.78 is 5.20. The van der Waals surface area contributed by atoms with E-state index in [0.717, 1.165) is 11.3 Å². The Morgan fingerprint density at radius 1 is 1.32 bits per heavy atom. The maximum Gasteiger partial charge on any atom is 0.412 e. The van der Waals surface area contributed by atoms with Crippen LogP contribution in [-0.2, 0) is 9.53 Å². The van der Waals surface area contributed by atoms with E-state index in [1.165, 1.54) is 0 Å². The minimum absolute atomic E-state index is 0.0680. The molecule has 0 fully saturated rings. The standard InChI is InChI=1S/C16H21N3O3/c1-10-9-13(20)18-19-14(10)11-5-7-12(8-6-11)17-15(21)22-16(2,3)4/h5-8,10H,9H2,1-4H3,(H,17,21)(H,18,20)/t10-/m1/s1. The van der Waals surface area contributed by atoms with Gasteiger partial charge in [-0.3, -0.25) is 10.1 Å². The van der Waals surface area contributed by atoms with Gasteiger partial charge >= 0.3 is 6.09 Å². The maximum absolute atomic E-state index is 11.7. The predicted molar refractivity (Wildman–Crippen MR) is 84.8 cm³/mol. The lowest BCUT2D eigenvalue weighted by atomic mass is 9.94. The van der Waals surface area contributed by atoms with Crippen LogP contribution in [0.4, 0.5) is 10.5 Å². The second-order valence-corrected chi connectivity index (χ2v) is 6.34. The zero-order valence-electron chi connectivity index (χ0n) is 13.3. The van der Waals surface area contributed by atoms with Crippen LogP contribution in [0.5, 0.6) is 0 Å². The number of hydrazone groups is 1. The Hall–Kier alpha value is -2.37. The Labute approximate surface area is 129 Å². The largest absolute Gasteiger partial charge is 0.444 e. The molecule has 1 heterocycles. The number of hydrogen-bond donors (Lipinski definition) is 2. The van der Waals surface area contributed by atoms with E-state index in [9.17, 15) is 9.59 Å². The molecule has 1 aliphatic rings. The summed E-state index contributed by atoms with van der Waals surface area (Å²) in [7, 11) is 0. The Morgan fingerprint density at radius 2 is 1.95 bits per heavy atom. The smallest absolute Gasteiger partial charge is 0.412 e. The molecule has 2 amide bonds. The zero-order chi connectivity index (χ0) is 16.3. The summed E-state index contributed by atoms with van der Waals surface area (Å²) in [4.78, 5) is 23.0. The molecular weight excluding hydrogens is 282 g/mol. The number of ether oxygens (including phenoxy) is 1. The van der Waals surface area contributed by atoms with Crippen molar-refractivity contribution in [2.45, 2.75) is 39.7 Å². The van der Waals surface area contributed by atoms with Crippen LogP contribution in [-0.4, -0.2) is 23.3 Å². The number of nitrogens with zero attached hydrogens (tertiary/aromatic N) is 1. The van der Waals surface area contributed by atoms with E-state index in [1.807, 2.05) is 39.8 Å². The van der Waals surface area contributed by atoms with Crippen molar-refractivity contribution in [1.82, 2.24) is 5.43 Å². The molecular formula is C16H21N3O3. The number of carbonyl (C=O) groups excluding carboxylic acids is 2. The molecule has 118 valence electrons. The van der Waals surface area contributed by atoms with Crippen molar-refractivity contribution in [3.63, 3.8) is 0 Å². The molecule has 2 rings (SSSR count). The summed E-state index contributed by atoms with van der Waals surface area (Å²) in [5.74, 6) is -0.00197. The van der Waals surface area contributed by atoms with Gasteiger partial charge in [-0.25, -0.2) is 10.2 Å². The molecule has 1 atom stereocenters. The number of benzene rings is 1. The highest BCUT2D eigenvalue weighted by atomic mass is 16.6. The number of anilines is 1. The first-order chi connectivity index (χ1) is 10.2. The normalized spacial score (nSPS) is 18.3. The van der Waals surface area contributed by atoms with Gasteiger partial charge < -0.3 is 4.74 Å². The summed E-state index contributed by atoms with van der Waals surface area (Å²) in [6.07, 6.45) is -0.0626. The lowest BCUT2D eigenvalue weighted by Crippen LogP contribution is -2.32. The van der Waals surface area contributed by atoms with Gasteiger partial charge in [0.2, 0.25) is 5.91 Å². The zero-order valence-corrected chi connectivity index (χ0v) is 13.3. The monoisotopic (exact) mass is 303 g/mol. The first kappa shape index (κ1) is 16.0. The Bertz CT molecular complexity index is 600. The fraction of sp³-hybridized carbons (Fsp3) is 0.438. The van der Waals surface area contributed by atoms with E-state index in [2.05, 4.69) is 15.8 Å². The van der Waals surface area contributed by atoms with Crippen molar-refractivity contribution in [3.05, 3.63) is 29.8 Å². The average molecular weight is 303 g/mol.